The minimum Gasteiger partial charge on any atom is -0.477 e. The maximum atomic E-state index is 14.9. The summed E-state index contributed by atoms with van der Waals surface area (Å²) in [6.07, 6.45) is 3.08. The van der Waals surface area contributed by atoms with Gasteiger partial charge in [-0.1, -0.05) is 6.07 Å². The zero-order valence-electron chi connectivity index (χ0n) is 16.0. The summed E-state index contributed by atoms with van der Waals surface area (Å²) in [5.41, 5.74) is -0.0630. The third-order valence-corrected chi connectivity index (χ3v) is 5.31. The summed E-state index contributed by atoms with van der Waals surface area (Å²) in [6, 6.07) is 8.57. The standard InChI is InChI=1S/C21H21FN4O3/c1-2-24-13-15(21(28)29)20(27)14-11-16(22)18(12-17(14)24)25-7-9-26(10-8-25)19-5-3-4-6-23-19/h3-6,11-13H,2,7-10H2,1H3,(H,28,29). The minimum atomic E-state index is -1.31. The Labute approximate surface area is 166 Å². The number of hydrogen-bond donors (Lipinski definition) is 1. The molecule has 0 unspecified atom stereocenters. The molecule has 0 radical (unpaired) electrons. The number of carboxylic acids is 1. The normalized spacial score (nSPS) is 14.4. The molecule has 2 aromatic heterocycles. The number of carbonyl (C=O) groups is 1. The Bertz CT molecular complexity index is 1120. The Morgan fingerprint density at radius 3 is 2.52 bits per heavy atom. The van der Waals surface area contributed by atoms with Crippen molar-refractivity contribution in [2.24, 2.45) is 0 Å². The van der Waals surface area contributed by atoms with Gasteiger partial charge in [-0.15, -0.1) is 0 Å². The number of halogens is 1. The number of piperazine rings is 1. The average Bonchev–Trinajstić information content (AvgIpc) is 2.74. The van der Waals surface area contributed by atoms with Gasteiger partial charge in [0.15, 0.2) is 0 Å². The van der Waals surface area contributed by atoms with E-state index in [0.717, 1.165) is 11.9 Å². The van der Waals surface area contributed by atoms with Crippen molar-refractivity contribution in [3.8, 4) is 0 Å². The van der Waals surface area contributed by atoms with Crippen LogP contribution in [0.5, 0.6) is 0 Å². The third kappa shape index (κ3) is 3.41. The molecule has 7 nitrogen and oxygen atoms in total. The molecule has 0 spiro atoms. The van der Waals surface area contributed by atoms with Crippen LogP contribution in [-0.2, 0) is 6.54 Å². The number of anilines is 2. The van der Waals surface area contributed by atoms with Crippen LogP contribution in [0, 0.1) is 5.82 Å². The van der Waals surface area contributed by atoms with Crippen LogP contribution in [0.1, 0.15) is 17.3 Å². The predicted octanol–water partition coefficient (Wildman–Crippen LogP) is 2.58. The first-order chi connectivity index (χ1) is 14.0. The van der Waals surface area contributed by atoms with E-state index in [-0.39, 0.29) is 10.9 Å². The number of rotatable bonds is 4. The molecule has 1 fully saturated rings. The Hall–Kier alpha value is -3.42. The second-order valence-electron chi connectivity index (χ2n) is 6.95. The summed E-state index contributed by atoms with van der Waals surface area (Å²) in [5, 5.41) is 9.35. The van der Waals surface area contributed by atoms with Crippen LogP contribution in [0.4, 0.5) is 15.9 Å². The van der Waals surface area contributed by atoms with E-state index in [2.05, 4.69) is 9.88 Å². The Balaban J connectivity index is 1.68. The van der Waals surface area contributed by atoms with Crippen molar-refractivity contribution < 1.29 is 14.3 Å². The number of fused-ring (bicyclic) bond motifs is 1. The largest absolute Gasteiger partial charge is 0.477 e. The van der Waals surface area contributed by atoms with Gasteiger partial charge >= 0.3 is 5.97 Å². The van der Waals surface area contributed by atoms with E-state index >= 15 is 0 Å². The quantitative estimate of drug-likeness (QED) is 0.730. The highest BCUT2D eigenvalue weighted by Crippen LogP contribution is 2.27. The number of pyridine rings is 2. The van der Waals surface area contributed by atoms with Gasteiger partial charge in [0, 0.05) is 50.5 Å². The molecule has 0 aliphatic carbocycles. The smallest absolute Gasteiger partial charge is 0.341 e. The number of aryl methyl sites for hydroxylation is 1. The van der Waals surface area contributed by atoms with Crippen molar-refractivity contribution in [3.05, 3.63) is 64.3 Å². The van der Waals surface area contributed by atoms with E-state index in [9.17, 15) is 19.1 Å². The molecular weight excluding hydrogens is 375 g/mol. The first kappa shape index (κ1) is 18.9. The van der Waals surface area contributed by atoms with Gasteiger partial charge in [-0.3, -0.25) is 4.79 Å². The monoisotopic (exact) mass is 396 g/mol. The molecule has 150 valence electrons. The third-order valence-electron chi connectivity index (χ3n) is 5.31. The molecule has 3 aromatic rings. The van der Waals surface area contributed by atoms with E-state index in [1.54, 1.807) is 16.8 Å². The molecule has 29 heavy (non-hydrogen) atoms. The number of benzene rings is 1. The van der Waals surface area contributed by atoms with Crippen molar-refractivity contribution in [1.29, 1.82) is 0 Å². The molecule has 1 saturated heterocycles. The zero-order valence-corrected chi connectivity index (χ0v) is 16.0. The van der Waals surface area contributed by atoms with Crippen molar-refractivity contribution in [2.75, 3.05) is 36.0 Å². The lowest BCUT2D eigenvalue weighted by molar-refractivity contribution is 0.0695. The number of carboxylic acid groups (broad SMARTS) is 1. The van der Waals surface area contributed by atoms with Crippen LogP contribution in [0.2, 0.25) is 0 Å². The average molecular weight is 396 g/mol. The Morgan fingerprint density at radius 1 is 1.17 bits per heavy atom. The van der Waals surface area contributed by atoms with Gasteiger partial charge in [-0.25, -0.2) is 14.2 Å². The molecular formula is C21H21FN4O3. The number of aromatic nitrogens is 2. The van der Waals surface area contributed by atoms with Crippen LogP contribution in [0.3, 0.4) is 0 Å². The summed E-state index contributed by atoms with van der Waals surface area (Å²) < 4.78 is 16.6. The van der Waals surface area contributed by atoms with Crippen molar-refractivity contribution in [3.63, 3.8) is 0 Å². The molecule has 1 N–H and O–H groups in total. The van der Waals surface area contributed by atoms with Gasteiger partial charge in [-0.05, 0) is 31.2 Å². The second-order valence-corrected chi connectivity index (χ2v) is 6.95. The molecule has 1 aliphatic rings. The van der Waals surface area contributed by atoms with E-state index in [4.69, 9.17) is 0 Å². The number of hydrogen-bond acceptors (Lipinski definition) is 5. The molecule has 4 rings (SSSR count). The van der Waals surface area contributed by atoms with Gasteiger partial charge in [0.05, 0.1) is 11.2 Å². The lowest BCUT2D eigenvalue weighted by Gasteiger charge is -2.37. The van der Waals surface area contributed by atoms with E-state index < -0.39 is 17.2 Å². The van der Waals surface area contributed by atoms with Crippen LogP contribution >= 0.6 is 0 Å². The highest BCUT2D eigenvalue weighted by atomic mass is 19.1. The summed E-state index contributed by atoms with van der Waals surface area (Å²) in [7, 11) is 0. The maximum Gasteiger partial charge on any atom is 0.341 e. The lowest BCUT2D eigenvalue weighted by atomic mass is 10.1. The van der Waals surface area contributed by atoms with Gasteiger partial charge in [-0.2, -0.15) is 0 Å². The highest BCUT2D eigenvalue weighted by molar-refractivity contribution is 5.93. The molecule has 8 heteroatoms. The summed E-state index contributed by atoms with van der Waals surface area (Å²) in [5.74, 6) is -0.938. The Kier molecular flexibility index (Phi) is 4.92. The molecule has 1 aliphatic heterocycles. The van der Waals surface area contributed by atoms with Gasteiger partial charge in [0.25, 0.3) is 0 Å². The summed E-state index contributed by atoms with van der Waals surface area (Å²) >= 11 is 0. The highest BCUT2D eigenvalue weighted by Gasteiger charge is 2.23. The van der Waals surface area contributed by atoms with Crippen LogP contribution in [0.25, 0.3) is 10.9 Å². The molecule has 3 heterocycles. The molecule has 0 bridgehead atoms. The van der Waals surface area contributed by atoms with Gasteiger partial charge in [0.1, 0.15) is 17.2 Å². The van der Waals surface area contributed by atoms with Crippen molar-refractivity contribution in [2.45, 2.75) is 13.5 Å². The SMILES string of the molecule is CCn1cc(C(=O)O)c(=O)c2cc(F)c(N3CCN(c4ccccn4)CC3)cc21. The molecule has 0 atom stereocenters. The fourth-order valence-electron chi connectivity index (χ4n) is 3.77. The Morgan fingerprint density at radius 2 is 1.90 bits per heavy atom. The van der Waals surface area contributed by atoms with Crippen LogP contribution in [-0.4, -0.2) is 46.8 Å². The number of nitrogens with zero attached hydrogens (tertiary/aromatic N) is 4. The zero-order chi connectivity index (χ0) is 20.5. The molecule has 0 saturated carbocycles. The second kappa shape index (κ2) is 7.54. The van der Waals surface area contributed by atoms with Gasteiger partial charge < -0.3 is 19.5 Å². The van der Waals surface area contributed by atoms with Crippen molar-refractivity contribution >= 4 is 28.4 Å². The van der Waals surface area contributed by atoms with E-state index in [0.29, 0.717) is 43.9 Å². The lowest BCUT2D eigenvalue weighted by Crippen LogP contribution is -2.47. The summed E-state index contributed by atoms with van der Waals surface area (Å²) in [4.78, 5) is 32.3. The first-order valence-corrected chi connectivity index (χ1v) is 9.50. The fourth-order valence-corrected chi connectivity index (χ4v) is 3.77. The molecule has 1 aromatic carbocycles. The van der Waals surface area contributed by atoms with Crippen LogP contribution < -0.4 is 15.2 Å². The first-order valence-electron chi connectivity index (χ1n) is 9.50. The fraction of sp³-hybridized carbons (Fsp3) is 0.286. The predicted molar refractivity (Wildman–Crippen MR) is 109 cm³/mol. The maximum absolute atomic E-state index is 14.9. The van der Waals surface area contributed by atoms with E-state index in [1.165, 1.54) is 6.20 Å². The summed E-state index contributed by atoms with van der Waals surface area (Å²) in [6.45, 7) is 4.95. The van der Waals surface area contributed by atoms with Crippen LogP contribution in [0.15, 0.2) is 47.5 Å². The number of aromatic carboxylic acids is 1. The van der Waals surface area contributed by atoms with Crippen molar-refractivity contribution in [1.82, 2.24) is 9.55 Å². The molecule has 0 amide bonds. The van der Waals surface area contributed by atoms with Gasteiger partial charge in [0.2, 0.25) is 5.43 Å². The minimum absolute atomic E-state index is 0.0834. The topological polar surface area (TPSA) is 78.7 Å². The van der Waals surface area contributed by atoms with E-state index in [1.807, 2.05) is 30.0 Å².